The molecule has 2 aromatic carbocycles. The predicted molar refractivity (Wildman–Crippen MR) is 114 cm³/mol. The number of ether oxygens (including phenoxy) is 1. The Morgan fingerprint density at radius 3 is 2.30 bits per heavy atom. The Balaban J connectivity index is 1.92. The van der Waals surface area contributed by atoms with Crippen molar-refractivity contribution < 1.29 is 30.0 Å². The molecule has 1 fully saturated rings. The van der Waals surface area contributed by atoms with Gasteiger partial charge in [0.15, 0.2) is 19.7 Å². The van der Waals surface area contributed by atoms with E-state index in [2.05, 4.69) is 4.72 Å². The maximum Gasteiger partial charge on any atom is 0.262 e. The van der Waals surface area contributed by atoms with Crippen LogP contribution in [0.4, 0.5) is 5.69 Å². The quantitative estimate of drug-likeness (QED) is 0.654. The number of nitrogens with one attached hydrogen (secondary N) is 1. The topological polar surface area (TPSA) is 124 Å². The van der Waals surface area contributed by atoms with Crippen molar-refractivity contribution in [1.82, 2.24) is 0 Å². The first kappa shape index (κ1) is 22.6. The minimum absolute atomic E-state index is 0.000188. The van der Waals surface area contributed by atoms with Crippen molar-refractivity contribution in [3.05, 3.63) is 48.5 Å². The zero-order valence-electron chi connectivity index (χ0n) is 16.5. The molecule has 164 valence electrons. The van der Waals surface area contributed by atoms with Crippen LogP contribution in [0.5, 0.6) is 5.75 Å². The molecule has 1 aliphatic rings. The Labute approximate surface area is 177 Å². The molecule has 0 bridgehead atoms. The highest BCUT2D eigenvalue weighted by Gasteiger charge is 2.38. The van der Waals surface area contributed by atoms with Gasteiger partial charge in [-0.25, -0.2) is 25.3 Å². The Morgan fingerprint density at radius 2 is 1.67 bits per heavy atom. The fourth-order valence-corrected chi connectivity index (χ4v) is 8.72. The summed E-state index contributed by atoms with van der Waals surface area (Å²) in [5.41, 5.74) is 0.223. The van der Waals surface area contributed by atoms with E-state index in [1.165, 1.54) is 18.2 Å². The Hall–Kier alpha value is -2.11. The predicted octanol–water partition coefficient (Wildman–Crippen LogP) is 2.24. The average molecular weight is 474 g/mol. The second-order valence-electron chi connectivity index (χ2n) is 7.31. The maximum atomic E-state index is 12.9. The van der Waals surface area contributed by atoms with Gasteiger partial charge >= 0.3 is 0 Å². The summed E-state index contributed by atoms with van der Waals surface area (Å²) in [5, 5.41) is -1.08. The van der Waals surface area contributed by atoms with Crippen LogP contribution < -0.4 is 9.46 Å². The van der Waals surface area contributed by atoms with Gasteiger partial charge in [-0.1, -0.05) is 18.2 Å². The van der Waals surface area contributed by atoms with Crippen molar-refractivity contribution in [3.63, 3.8) is 0 Å². The molecule has 11 heteroatoms. The third-order valence-corrected chi connectivity index (χ3v) is 10.1. The van der Waals surface area contributed by atoms with Crippen molar-refractivity contribution in [1.29, 1.82) is 0 Å². The van der Waals surface area contributed by atoms with Gasteiger partial charge in [0.25, 0.3) is 10.0 Å². The molecular formula is C19H23NO7S3. The third kappa shape index (κ3) is 4.96. The van der Waals surface area contributed by atoms with Crippen LogP contribution in [0.1, 0.15) is 20.3 Å². The first-order chi connectivity index (χ1) is 13.9. The summed E-state index contributed by atoms with van der Waals surface area (Å²) in [6, 6.07) is 11.4. The normalized spacial score (nSPS) is 19.0. The number of para-hydroxylation sites is 2. The maximum absolute atomic E-state index is 12.9. The van der Waals surface area contributed by atoms with Gasteiger partial charge in [0.1, 0.15) is 5.75 Å². The van der Waals surface area contributed by atoms with E-state index in [4.69, 9.17) is 4.74 Å². The monoisotopic (exact) mass is 473 g/mol. The summed E-state index contributed by atoms with van der Waals surface area (Å²) in [4.78, 5) is -0.469. The highest BCUT2D eigenvalue weighted by molar-refractivity contribution is 7.96. The number of benzene rings is 2. The number of anilines is 1. The van der Waals surface area contributed by atoms with Gasteiger partial charge in [0.05, 0.1) is 38.3 Å². The molecule has 1 atom stereocenters. The van der Waals surface area contributed by atoms with Crippen LogP contribution in [0.2, 0.25) is 0 Å². The SMILES string of the molecule is CC(C)Oc1ccccc1NS(=O)(=O)c1cccc(S(=O)(=O)[C@@H]2CCS(=O)(=O)C2)c1. The van der Waals surface area contributed by atoms with Crippen LogP contribution in [-0.2, 0) is 29.7 Å². The molecule has 1 aliphatic heterocycles. The van der Waals surface area contributed by atoms with Gasteiger partial charge in [-0.3, -0.25) is 4.72 Å². The molecule has 0 aliphatic carbocycles. The summed E-state index contributed by atoms with van der Waals surface area (Å²) >= 11 is 0. The molecule has 0 spiro atoms. The van der Waals surface area contributed by atoms with Crippen molar-refractivity contribution in [2.45, 2.75) is 41.4 Å². The number of sulfonamides is 1. The lowest BCUT2D eigenvalue weighted by Crippen LogP contribution is -2.23. The van der Waals surface area contributed by atoms with Crippen LogP contribution in [0.3, 0.4) is 0 Å². The van der Waals surface area contributed by atoms with Gasteiger partial charge in [0, 0.05) is 0 Å². The van der Waals surface area contributed by atoms with Crippen molar-refractivity contribution in [2.75, 3.05) is 16.2 Å². The van der Waals surface area contributed by atoms with E-state index in [1.54, 1.807) is 24.3 Å². The van der Waals surface area contributed by atoms with Crippen LogP contribution in [0.15, 0.2) is 58.3 Å². The molecule has 1 heterocycles. The molecule has 0 amide bonds. The number of rotatable bonds is 7. The van der Waals surface area contributed by atoms with Crippen LogP contribution >= 0.6 is 0 Å². The molecule has 8 nitrogen and oxygen atoms in total. The lowest BCUT2D eigenvalue weighted by atomic mass is 10.3. The molecule has 0 aromatic heterocycles. The van der Waals surface area contributed by atoms with Crippen molar-refractivity contribution >= 4 is 35.4 Å². The van der Waals surface area contributed by atoms with E-state index in [0.29, 0.717) is 5.75 Å². The van der Waals surface area contributed by atoms with Gasteiger partial charge in [0.2, 0.25) is 0 Å². The van der Waals surface area contributed by atoms with Gasteiger partial charge in [-0.05, 0) is 50.6 Å². The summed E-state index contributed by atoms with van der Waals surface area (Å²) in [6.07, 6.45) is -0.174. The molecule has 0 unspecified atom stereocenters. The average Bonchev–Trinajstić information content (AvgIpc) is 3.03. The van der Waals surface area contributed by atoms with Crippen LogP contribution in [0, 0.1) is 0 Å². The minimum atomic E-state index is -4.11. The van der Waals surface area contributed by atoms with Crippen molar-refractivity contribution in [3.8, 4) is 5.75 Å². The lowest BCUT2D eigenvalue weighted by Gasteiger charge is -2.16. The van der Waals surface area contributed by atoms with Crippen molar-refractivity contribution in [2.24, 2.45) is 0 Å². The van der Waals surface area contributed by atoms with E-state index in [0.717, 1.165) is 6.07 Å². The number of hydrogen-bond donors (Lipinski definition) is 1. The Morgan fingerprint density at radius 1 is 1.00 bits per heavy atom. The largest absolute Gasteiger partial charge is 0.489 e. The lowest BCUT2D eigenvalue weighted by molar-refractivity contribution is 0.244. The Bertz CT molecular complexity index is 1250. The van der Waals surface area contributed by atoms with Crippen LogP contribution in [-0.4, -0.2) is 48.1 Å². The summed E-state index contributed by atoms with van der Waals surface area (Å²) in [7, 11) is -11.5. The highest BCUT2D eigenvalue weighted by atomic mass is 32.2. The van der Waals surface area contributed by atoms with Gasteiger partial charge < -0.3 is 4.74 Å². The van der Waals surface area contributed by atoms with E-state index >= 15 is 0 Å². The van der Waals surface area contributed by atoms with E-state index < -0.39 is 40.7 Å². The zero-order chi connectivity index (χ0) is 22.2. The zero-order valence-corrected chi connectivity index (χ0v) is 18.9. The molecule has 3 rings (SSSR count). The molecule has 1 saturated heterocycles. The molecule has 0 radical (unpaired) electrons. The molecule has 2 aromatic rings. The molecule has 30 heavy (non-hydrogen) atoms. The summed E-state index contributed by atoms with van der Waals surface area (Å²) in [5.74, 6) is -0.302. The van der Waals surface area contributed by atoms with E-state index in [-0.39, 0.29) is 33.8 Å². The first-order valence-corrected chi connectivity index (χ1v) is 14.1. The van der Waals surface area contributed by atoms with E-state index in [9.17, 15) is 25.3 Å². The molecule has 1 N–H and O–H groups in total. The molecular weight excluding hydrogens is 450 g/mol. The number of sulfone groups is 2. The first-order valence-electron chi connectivity index (χ1n) is 9.24. The highest BCUT2D eigenvalue weighted by Crippen LogP contribution is 2.30. The van der Waals surface area contributed by atoms with E-state index in [1.807, 2.05) is 13.8 Å². The second-order valence-corrected chi connectivity index (χ2v) is 13.5. The molecule has 0 saturated carbocycles. The standard InChI is InChI=1S/C19H23NO7S3/c1-14(2)27-19-9-4-3-8-18(19)20-30(25,26)16-7-5-6-15(12-16)29(23,24)17-10-11-28(21,22)13-17/h3-9,12,14,17,20H,10-11,13H2,1-2H3/t17-/m1/s1. The Kier molecular flexibility index (Phi) is 6.17. The number of hydrogen-bond acceptors (Lipinski definition) is 7. The van der Waals surface area contributed by atoms with Crippen LogP contribution in [0.25, 0.3) is 0 Å². The fraction of sp³-hybridized carbons (Fsp3) is 0.368. The summed E-state index contributed by atoms with van der Waals surface area (Å²) < 4.78 is 82.8. The fourth-order valence-electron chi connectivity index (χ4n) is 3.13. The van der Waals surface area contributed by atoms with Gasteiger partial charge in [-0.15, -0.1) is 0 Å². The second kappa shape index (κ2) is 8.20. The minimum Gasteiger partial charge on any atom is -0.489 e. The smallest absolute Gasteiger partial charge is 0.262 e. The third-order valence-electron chi connectivity index (χ3n) is 4.57. The van der Waals surface area contributed by atoms with Gasteiger partial charge in [-0.2, -0.15) is 0 Å². The summed E-state index contributed by atoms with van der Waals surface area (Å²) in [6.45, 7) is 3.62.